The van der Waals surface area contributed by atoms with E-state index in [0.717, 1.165) is 18.5 Å². The van der Waals surface area contributed by atoms with Gasteiger partial charge in [-0.05, 0) is 36.5 Å². The zero-order valence-corrected chi connectivity index (χ0v) is 9.20. The van der Waals surface area contributed by atoms with E-state index in [1.54, 1.807) is 0 Å². The van der Waals surface area contributed by atoms with Crippen LogP contribution >= 0.6 is 11.8 Å². The average molecular weight is 198 g/mol. The standard InChI is InChI=1S/C11H16ClN/c1-4-9-6-8(3)11(13-12)10(5-2)7-9/h6-7,13H,4-5H2,1-3H3. The van der Waals surface area contributed by atoms with Crippen molar-refractivity contribution in [1.29, 1.82) is 0 Å². The van der Waals surface area contributed by atoms with E-state index in [0.29, 0.717) is 0 Å². The van der Waals surface area contributed by atoms with Crippen molar-refractivity contribution in [3.63, 3.8) is 0 Å². The molecule has 1 rings (SSSR count). The molecular weight excluding hydrogens is 182 g/mol. The summed E-state index contributed by atoms with van der Waals surface area (Å²) in [6, 6.07) is 4.40. The Morgan fingerprint density at radius 2 is 1.92 bits per heavy atom. The van der Waals surface area contributed by atoms with Crippen LogP contribution < -0.4 is 4.84 Å². The molecule has 1 N–H and O–H groups in total. The second-order valence-electron chi connectivity index (χ2n) is 3.25. The van der Waals surface area contributed by atoms with Crippen LogP contribution in [0, 0.1) is 6.92 Å². The summed E-state index contributed by atoms with van der Waals surface area (Å²) >= 11 is 5.66. The first-order valence-corrected chi connectivity index (χ1v) is 5.09. The summed E-state index contributed by atoms with van der Waals surface area (Å²) < 4.78 is 0. The van der Waals surface area contributed by atoms with Crippen molar-refractivity contribution in [1.82, 2.24) is 0 Å². The number of rotatable bonds is 3. The van der Waals surface area contributed by atoms with Crippen molar-refractivity contribution in [3.8, 4) is 0 Å². The summed E-state index contributed by atoms with van der Waals surface area (Å²) in [6.45, 7) is 6.40. The lowest BCUT2D eigenvalue weighted by Gasteiger charge is -2.11. The Morgan fingerprint density at radius 3 is 2.38 bits per heavy atom. The molecule has 0 radical (unpaired) electrons. The lowest BCUT2D eigenvalue weighted by molar-refractivity contribution is 1.08. The number of hydrogen-bond acceptors (Lipinski definition) is 1. The Kier molecular flexibility index (Phi) is 3.61. The van der Waals surface area contributed by atoms with Gasteiger partial charge in [0.05, 0.1) is 5.69 Å². The highest BCUT2D eigenvalue weighted by atomic mass is 35.5. The molecule has 1 nitrogen and oxygen atoms in total. The summed E-state index contributed by atoms with van der Waals surface area (Å²) in [6.07, 6.45) is 2.10. The van der Waals surface area contributed by atoms with E-state index in [4.69, 9.17) is 11.8 Å². The van der Waals surface area contributed by atoms with Crippen LogP contribution in [-0.4, -0.2) is 0 Å². The molecule has 0 saturated heterocycles. The fourth-order valence-corrected chi connectivity index (χ4v) is 1.83. The zero-order chi connectivity index (χ0) is 9.84. The second kappa shape index (κ2) is 4.52. The van der Waals surface area contributed by atoms with Crippen molar-refractivity contribution in [2.45, 2.75) is 33.6 Å². The van der Waals surface area contributed by atoms with E-state index in [1.165, 1.54) is 16.7 Å². The molecular formula is C11H16ClN. The van der Waals surface area contributed by atoms with Gasteiger partial charge >= 0.3 is 0 Å². The Bertz CT molecular complexity index is 294. The molecule has 13 heavy (non-hydrogen) atoms. The van der Waals surface area contributed by atoms with Crippen molar-refractivity contribution in [2.75, 3.05) is 4.84 Å². The maximum Gasteiger partial charge on any atom is 0.0552 e. The van der Waals surface area contributed by atoms with Crippen molar-refractivity contribution in [3.05, 3.63) is 28.8 Å². The fourth-order valence-electron chi connectivity index (χ4n) is 1.56. The van der Waals surface area contributed by atoms with Gasteiger partial charge in [0.1, 0.15) is 0 Å². The molecule has 1 aromatic carbocycles. The molecule has 0 bridgehead atoms. The van der Waals surface area contributed by atoms with Crippen LogP contribution in [-0.2, 0) is 12.8 Å². The minimum absolute atomic E-state index is 1.02. The maximum absolute atomic E-state index is 5.66. The number of aryl methyl sites for hydroxylation is 3. The number of hydrogen-bond donors (Lipinski definition) is 1. The third-order valence-corrected chi connectivity index (χ3v) is 2.55. The van der Waals surface area contributed by atoms with E-state index in [1.807, 2.05) is 0 Å². The molecule has 0 aliphatic rings. The molecule has 2 heteroatoms. The monoisotopic (exact) mass is 197 g/mol. The molecule has 0 aliphatic heterocycles. The minimum atomic E-state index is 1.02. The van der Waals surface area contributed by atoms with Gasteiger partial charge in [-0.15, -0.1) is 0 Å². The van der Waals surface area contributed by atoms with Crippen LogP contribution in [0.4, 0.5) is 5.69 Å². The fraction of sp³-hybridized carbons (Fsp3) is 0.455. The third kappa shape index (κ3) is 2.16. The lowest BCUT2D eigenvalue weighted by atomic mass is 10.0. The van der Waals surface area contributed by atoms with E-state index < -0.39 is 0 Å². The van der Waals surface area contributed by atoms with Crippen LogP contribution in [0.1, 0.15) is 30.5 Å². The van der Waals surface area contributed by atoms with E-state index >= 15 is 0 Å². The molecule has 0 unspecified atom stereocenters. The summed E-state index contributed by atoms with van der Waals surface area (Å²) in [4.78, 5) is 2.74. The van der Waals surface area contributed by atoms with Gasteiger partial charge in [0, 0.05) is 11.8 Å². The highest BCUT2D eigenvalue weighted by molar-refractivity contribution is 6.24. The van der Waals surface area contributed by atoms with E-state index in [9.17, 15) is 0 Å². The van der Waals surface area contributed by atoms with Gasteiger partial charge in [-0.1, -0.05) is 26.0 Å². The Balaban J connectivity index is 3.20. The first kappa shape index (κ1) is 10.4. The number of anilines is 1. The first-order valence-electron chi connectivity index (χ1n) is 4.72. The Morgan fingerprint density at radius 1 is 1.23 bits per heavy atom. The smallest absolute Gasteiger partial charge is 0.0552 e. The lowest BCUT2D eigenvalue weighted by Crippen LogP contribution is -1.95. The normalized spacial score (nSPS) is 10.2. The summed E-state index contributed by atoms with van der Waals surface area (Å²) in [5.41, 5.74) is 4.98. The van der Waals surface area contributed by atoms with Crippen LogP contribution in [0.25, 0.3) is 0 Å². The van der Waals surface area contributed by atoms with Gasteiger partial charge in [-0.2, -0.15) is 0 Å². The molecule has 0 aromatic heterocycles. The topological polar surface area (TPSA) is 12.0 Å². The molecule has 72 valence electrons. The van der Waals surface area contributed by atoms with Crippen LogP contribution in [0.3, 0.4) is 0 Å². The largest absolute Gasteiger partial charge is 0.298 e. The number of halogens is 1. The van der Waals surface area contributed by atoms with Crippen molar-refractivity contribution >= 4 is 17.5 Å². The van der Waals surface area contributed by atoms with Gasteiger partial charge in [0.2, 0.25) is 0 Å². The molecule has 0 aliphatic carbocycles. The van der Waals surface area contributed by atoms with Crippen LogP contribution in [0.5, 0.6) is 0 Å². The molecule has 0 amide bonds. The quantitative estimate of drug-likeness (QED) is 0.729. The SMILES string of the molecule is CCc1cc(C)c(NCl)c(CC)c1. The predicted molar refractivity (Wildman–Crippen MR) is 59.4 cm³/mol. The van der Waals surface area contributed by atoms with Gasteiger partial charge in [0.25, 0.3) is 0 Å². The second-order valence-corrected chi connectivity index (χ2v) is 3.44. The van der Waals surface area contributed by atoms with Crippen LogP contribution in [0.2, 0.25) is 0 Å². The molecule has 1 aromatic rings. The van der Waals surface area contributed by atoms with Crippen molar-refractivity contribution < 1.29 is 0 Å². The summed E-state index contributed by atoms with van der Waals surface area (Å²) in [5.74, 6) is 0. The zero-order valence-electron chi connectivity index (χ0n) is 8.45. The Labute approximate surface area is 85.2 Å². The first-order chi connectivity index (χ1) is 6.22. The predicted octanol–water partition coefficient (Wildman–Crippen LogP) is 3.69. The average Bonchev–Trinajstić information content (AvgIpc) is 2.16. The van der Waals surface area contributed by atoms with Crippen molar-refractivity contribution in [2.24, 2.45) is 0 Å². The molecule has 0 spiro atoms. The van der Waals surface area contributed by atoms with Gasteiger partial charge < -0.3 is 0 Å². The molecule has 0 saturated carbocycles. The number of benzene rings is 1. The highest BCUT2D eigenvalue weighted by Crippen LogP contribution is 2.24. The van der Waals surface area contributed by atoms with E-state index in [2.05, 4.69) is 37.7 Å². The summed E-state index contributed by atoms with van der Waals surface area (Å²) in [7, 11) is 0. The minimum Gasteiger partial charge on any atom is -0.298 e. The molecule has 0 fully saturated rings. The Hall–Kier alpha value is -0.690. The third-order valence-electron chi connectivity index (χ3n) is 2.36. The highest BCUT2D eigenvalue weighted by Gasteiger charge is 2.04. The van der Waals surface area contributed by atoms with E-state index in [-0.39, 0.29) is 0 Å². The molecule has 0 atom stereocenters. The van der Waals surface area contributed by atoms with Gasteiger partial charge in [0.15, 0.2) is 0 Å². The number of nitrogens with one attached hydrogen (secondary N) is 1. The van der Waals surface area contributed by atoms with Gasteiger partial charge in [-0.25, -0.2) is 0 Å². The maximum atomic E-state index is 5.66. The summed E-state index contributed by atoms with van der Waals surface area (Å²) in [5, 5.41) is 0. The van der Waals surface area contributed by atoms with Crippen LogP contribution in [0.15, 0.2) is 12.1 Å². The van der Waals surface area contributed by atoms with Gasteiger partial charge in [-0.3, -0.25) is 4.84 Å². The molecule has 0 heterocycles.